The lowest BCUT2D eigenvalue weighted by atomic mass is 9.78. The fraction of sp³-hybridized carbons (Fsp3) is 1.00. The maximum atomic E-state index is 15.1. The smallest absolute Gasteiger partial charge is 0.283 e. The Bertz CT molecular complexity index is 383. The summed E-state index contributed by atoms with van der Waals surface area (Å²) >= 11 is 0. The highest BCUT2D eigenvalue weighted by atomic mass is 32.2. The number of hydrogen-bond donors (Lipinski definition) is 1. The highest BCUT2D eigenvalue weighted by Crippen LogP contribution is 2.44. The Morgan fingerprint density at radius 1 is 0.947 bits per heavy atom. The summed E-state index contributed by atoms with van der Waals surface area (Å²) in [6, 6.07) is 0. The molecule has 0 amide bonds. The van der Waals surface area contributed by atoms with Crippen molar-refractivity contribution in [3.05, 3.63) is 0 Å². The molecule has 0 heterocycles. The van der Waals surface area contributed by atoms with Gasteiger partial charge in [0.1, 0.15) is 0 Å². The van der Waals surface area contributed by atoms with Crippen molar-refractivity contribution in [2.75, 3.05) is 0 Å². The fourth-order valence-electron chi connectivity index (χ4n) is 3.80. The third kappa shape index (κ3) is 3.48. The van der Waals surface area contributed by atoms with Crippen molar-refractivity contribution < 1.29 is 17.4 Å². The standard InChI is InChI=1S/C14H25FO3S/c15-14(19(16,17)18,13-9-5-2-6-10-13)11-12-7-3-1-4-8-12/h12-13H,1-11H2,(H,16,17,18). The molecule has 2 fully saturated rings. The van der Waals surface area contributed by atoms with E-state index in [0.29, 0.717) is 12.8 Å². The molecule has 112 valence electrons. The first-order chi connectivity index (χ1) is 8.93. The van der Waals surface area contributed by atoms with Gasteiger partial charge in [-0.25, -0.2) is 4.39 Å². The Hall–Kier alpha value is -0.160. The lowest BCUT2D eigenvalue weighted by Crippen LogP contribution is -2.44. The van der Waals surface area contributed by atoms with Crippen molar-refractivity contribution in [1.82, 2.24) is 0 Å². The summed E-state index contributed by atoms with van der Waals surface area (Å²) in [4.78, 5) is 0. The molecular weight excluding hydrogens is 267 g/mol. The van der Waals surface area contributed by atoms with Crippen molar-refractivity contribution in [3.63, 3.8) is 0 Å². The van der Waals surface area contributed by atoms with Gasteiger partial charge in [-0.15, -0.1) is 0 Å². The molecule has 0 aromatic carbocycles. The molecule has 0 bridgehead atoms. The average Bonchev–Trinajstić information content (AvgIpc) is 2.39. The number of halogens is 1. The minimum atomic E-state index is -4.63. The number of alkyl halides is 1. The number of hydrogen-bond acceptors (Lipinski definition) is 2. The molecule has 0 aromatic rings. The van der Waals surface area contributed by atoms with Gasteiger partial charge in [-0.05, 0) is 18.8 Å². The van der Waals surface area contributed by atoms with Gasteiger partial charge < -0.3 is 0 Å². The van der Waals surface area contributed by atoms with E-state index < -0.39 is 21.0 Å². The van der Waals surface area contributed by atoms with Gasteiger partial charge >= 0.3 is 10.1 Å². The molecule has 2 aliphatic carbocycles. The summed E-state index contributed by atoms with van der Waals surface area (Å²) in [5.41, 5.74) is 0. The summed E-state index contributed by atoms with van der Waals surface area (Å²) < 4.78 is 47.8. The summed E-state index contributed by atoms with van der Waals surface area (Å²) in [7, 11) is -4.63. The van der Waals surface area contributed by atoms with Crippen molar-refractivity contribution in [2.24, 2.45) is 11.8 Å². The zero-order valence-electron chi connectivity index (χ0n) is 11.5. The van der Waals surface area contributed by atoms with Crippen molar-refractivity contribution in [3.8, 4) is 0 Å². The molecular formula is C14H25FO3S. The summed E-state index contributed by atoms with van der Waals surface area (Å²) in [5, 5.41) is -2.41. The molecule has 0 aliphatic heterocycles. The minimum absolute atomic E-state index is 0.00347. The van der Waals surface area contributed by atoms with Gasteiger partial charge in [0.05, 0.1) is 0 Å². The van der Waals surface area contributed by atoms with E-state index in [4.69, 9.17) is 0 Å². The van der Waals surface area contributed by atoms with E-state index in [1.165, 1.54) is 0 Å². The summed E-state index contributed by atoms with van der Waals surface area (Å²) in [5.74, 6) is -0.402. The second-order valence-electron chi connectivity index (χ2n) is 6.30. The number of rotatable bonds is 4. The topological polar surface area (TPSA) is 54.4 Å². The van der Waals surface area contributed by atoms with Crippen molar-refractivity contribution in [1.29, 1.82) is 0 Å². The zero-order valence-corrected chi connectivity index (χ0v) is 12.3. The van der Waals surface area contributed by atoms with Crippen molar-refractivity contribution in [2.45, 2.75) is 75.6 Å². The third-order valence-corrected chi connectivity index (χ3v) is 6.29. The van der Waals surface area contributed by atoms with Crippen LogP contribution in [0.25, 0.3) is 0 Å². The third-order valence-electron chi connectivity index (χ3n) is 4.94. The van der Waals surface area contributed by atoms with Crippen molar-refractivity contribution >= 4 is 10.1 Å². The first-order valence-electron chi connectivity index (χ1n) is 7.59. The van der Waals surface area contributed by atoms with E-state index in [1.807, 2.05) is 0 Å². The molecule has 3 nitrogen and oxygen atoms in total. The molecule has 1 N–H and O–H groups in total. The van der Waals surface area contributed by atoms with Gasteiger partial charge in [0, 0.05) is 12.3 Å². The molecule has 2 rings (SSSR count). The molecule has 5 heteroatoms. The summed E-state index contributed by atoms with van der Waals surface area (Å²) in [6.45, 7) is 0. The van der Waals surface area contributed by atoms with Gasteiger partial charge in [-0.1, -0.05) is 51.4 Å². The molecule has 19 heavy (non-hydrogen) atoms. The second kappa shape index (κ2) is 6.08. The van der Waals surface area contributed by atoms with E-state index in [2.05, 4.69) is 0 Å². The van der Waals surface area contributed by atoms with E-state index in [1.54, 1.807) is 0 Å². The highest BCUT2D eigenvalue weighted by Gasteiger charge is 2.51. The van der Waals surface area contributed by atoms with Crippen LogP contribution in [0.4, 0.5) is 4.39 Å². The normalized spacial score (nSPS) is 27.1. The monoisotopic (exact) mass is 292 g/mol. The van der Waals surface area contributed by atoms with Crippen LogP contribution < -0.4 is 0 Å². The SMILES string of the molecule is O=S(=O)(O)C(F)(CC1CCCCC1)C1CCCCC1. The Labute approximate surface area is 115 Å². The predicted octanol–water partition coefficient (Wildman–Crippen LogP) is 4.09. The Morgan fingerprint density at radius 2 is 1.42 bits per heavy atom. The largest absolute Gasteiger partial charge is 0.300 e. The lowest BCUT2D eigenvalue weighted by molar-refractivity contribution is 0.0883. The van der Waals surface area contributed by atoms with Crippen LogP contribution in [0.1, 0.15) is 70.6 Å². The first kappa shape index (κ1) is 15.2. The Morgan fingerprint density at radius 3 is 1.89 bits per heavy atom. The van der Waals surface area contributed by atoms with Gasteiger partial charge in [0.25, 0.3) is 0 Å². The Kier molecular flexibility index (Phi) is 4.88. The molecule has 1 unspecified atom stereocenters. The van der Waals surface area contributed by atoms with Crippen LogP contribution in [0.15, 0.2) is 0 Å². The molecule has 0 aromatic heterocycles. The molecule has 0 saturated heterocycles. The Balaban J connectivity index is 2.13. The minimum Gasteiger partial charge on any atom is -0.283 e. The van der Waals surface area contributed by atoms with Crippen LogP contribution in [-0.4, -0.2) is 18.0 Å². The first-order valence-corrected chi connectivity index (χ1v) is 9.03. The molecule has 2 saturated carbocycles. The molecule has 2 aliphatic rings. The fourth-order valence-corrected chi connectivity index (χ4v) is 4.90. The quantitative estimate of drug-likeness (QED) is 0.794. The van der Waals surface area contributed by atoms with Gasteiger partial charge in [-0.2, -0.15) is 8.42 Å². The van der Waals surface area contributed by atoms with E-state index in [-0.39, 0.29) is 12.3 Å². The zero-order chi connectivity index (χ0) is 13.9. The second-order valence-corrected chi connectivity index (χ2v) is 7.93. The van der Waals surface area contributed by atoms with E-state index in [0.717, 1.165) is 51.4 Å². The highest BCUT2D eigenvalue weighted by molar-refractivity contribution is 7.87. The van der Waals surface area contributed by atoms with Crippen LogP contribution in [0, 0.1) is 11.8 Å². The molecule has 1 atom stereocenters. The molecule has 0 spiro atoms. The lowest BCUT2D eigenvalue weighted by Gasteiger charge is -2.36. The van der Waals surface area contributed by atoms with Crippen LogP contribution >= 0.6 is 0 Å². The van der Waals surface area contributed by atoms with Gasteiger partial charge in [0.15, 0.2) is 0 Å². The van der Waals surface area contributed by atoms with E-state index in [9.17, 15) is 13.0 Å². The molecule has 0 radical (unpaired) electrons. The maximum Gasteiger partial charge on any atom is 0.300 e. The predicted molar refractivity (Wildman–Crippen MR) is 73.2 cm³/mol. The van der Waals surface area contributed by atoms with Crippen LogP contribution in [0.5, 0.6) is 0 Å². The van der Waals surface area contributed by atoms with Crippen LogP contribution in [0.2, 0.25) is 0 Å². The average molecular weight is 292 g/mol. The summed E-state index contributed by atoms with van der Waals surface area (Å²) in [6.07, 6.45) is 9.01. The van der Waals surface area contributed by atoms with Crippen LogP contribution in [0.3, 0.4) is 0 Å². The van der Waals surface area contributed by atoms with E-state index >= 15 is 4.39 Å². The van der Waals surface area contributed by atoms with Gasteiger partial charge in [0.2, 0.25) is 5.00 Å². The maximum absolute atomic E-state index is 15.1. The van der Waals surface area contributed by atoms with Gasteiger partial charge in [-0.3, -0.25) is 4.55 Å². The van der Waals surface area contributed by atoms with Crippen LogP contribution in [-0.2, 0) is 10.1 Å².